The Kier molecular flexibility index (Phi) is 4.39. The molecule has 3 saturated heterocycles. The summed E-state index contributed by atoms with van der Waals surface area (Å²) in [6, 6.07) is 0.367. The molecule has 3 heterocycles. The summed E-state index contributed by atoms with van der Waals surface area (Å²) < 4.78 is 17.1. The molecule has 1 spiro atoms. The fourth-order valence-corrected chi connectivity index (χ4v) is 3.96. The Morgan fingerprint density at radius 2 is 1.79 bits per heavy atom. The van der Waals surface area contributed by atoms with Gasteiger partial charge in [0.1, 0.15) is 0 Å². The molecule has 110 valence electrons. The van der Waals surface area contributed by atoms with Crippen LogP contribution in [-0.2, 0) is 14.2 Å². The van der Waals surface area contributed by atoms with Gasteiger partial charge in [-0.2, -0.15) is 0 Å². The number of hydrazine groups is 1. The first kappa shape index (κ1) is 13.8. The van der Waals surface area contributed by atoms with Gasteiger partial charge in [0.2, 0.25) is 0 Å². The molecule has 0 aromatic heterocycles. The van der Waals surface area contributed by atoms with Crippen molar-refractivity contribution in [1.29, 1.82) is 0 Å². The van der Waals surface area contributed by atoms with Crippen LogP contribution in [0.1, 0.15) is 32.1 Å². The third-order valence-electron chi connectivity index (χ3n) is 5.11. The second-order valence-corrected chi connectivity index (χ2v) is 6.21. The Labute approximate surface area is 115 Å². The minimum Gasteiger partial charge on any atom is -0.381 e. The SMILES string of the molecule is NNC(C1CCOC1)C1CCOC2(CCOCC2)C1. The first-order valence-corrected chi connectivity index (χ1v) is 7.59. The minimum absolute atomic E-state index is 0.0513. The van der Waals surface area contributed by atoms with E-state index in [9.17, 15) is 0 Å². The van der Waals surface area contributed by atoms with Crippen molar-refractivity contribution in [3.05, 3.63) is 0 Å². The van der Waals surface area contributed by atoms with E-state index in [0.717, 1.165) is 65.1 Å². The van der Waals surface area contributed by atoms with E-state index in [1.165, 1.54) is 0 Å². The van der Waals surface area contributed by atoms with Crippen molar-refractivity contribution in [2.75, 3.05) is 33.0 Å². The predicted molar refractivity (Wildman–Crippen MR) is 71.5 cm³/mol. The van der Waals surface area contributed by atoms with Gasteiger partial charge in [0.25, 0.3) is 0 Å². The Balaban J connectivity index is 1.65. The average molecular weight is 270 g/mol. The molecule has 3 aliphatic rings. The molecule has 19 heavy (non-hydrogen) atoms. The van der Waals surface area contributed by atoms with E-state index < -0.39 is 0 Å². The van der Waals surface area contributed by atoms with E-state index in [1.807, 2.05) is 0 Å². The zero-order valence-corrected chi connectivity index (χ0v) is 11.6. The lowest BCUT2D eigenvalue weighted by molar-refractivity contribution is -0.151. The number of nitrogens with two attached hydrogens (primary N) is 1. The van der Waals surface area contributed by atoms with E-state index in [0.29, 0.717) is 17.9 Å². The third-order valence-corrected chi connectivity index (χ3v) is 5.11. The van der Waals surface area contributed by atoms with Crippen LogP contribution >= 0.6 is 0 Å². The lowest BCUT2D eigenvalue weighted by Crippen LogP contribution is -2.53. The van der Waals surface area contributed by atoms with Crippen LogP contribution in [0.2, 0.25) is 0 Å². The molecule has 0 bridgehead atoms. The van der Waals surface area contributed by atoms with Gasteiger partial charge in [0.05, 0.1) is 12.2 Å². The highest BCUT2D eigenvalue weighted by Crippen LogP contribution is 2.40. The standard InChI is InChI=1S/C14H26N2O3/c15-16-13(12-1-5-18-10-12)11-2-6-19-14(9-11)3-7-17-8-4-14/h11-13,16H,1-10,15H2. The van der Waals surface area contributed by atoms with Gasteiger partial charge in [0.15, 0.2) is 0 Å². The molecule has 0 aliphatic carbocycles. The van der Waals surface area contributed by atoms with Crippen LogP contribution in [0.5, 0.6) is 0 Å². The second kappa shape index (κ2) is 6.06. The molecule has 3 fully saturated rings. The topological polar surface area (TPSA) is 65.7 Å². The summed E-state index contributed by atoms with van der Waals surface area (Å²) in [5.74, 6) is 6.99. The van der Waals surface area contributed by atoms with E-state index in [2.05, 4.69) is 5.43 Å². The highest BCUT2D eigenvalue weighted by Gasteiger charge is 2.43. The summed E-state index contributed by atoms with van der Waals surface area (Å²) in [6.45, 7) is 4.25. The van der Waals surface area contributed by atoms with Crippen molar-refractivity contribution in [3.8, 4) is 0 Å². The fraction of sp³-hybridized carbons (Fsp3) is 1.00. The van der Waals surface area contributed by atoms with Gasteiger partial charge >= 0.3 is 0 Å². The molecular formula is C14H26N2O3. The highest BCUT2D eigenvalue weighted by molar-refractivity contribution is 4.94. The number of hydrogen-bond donors (Lipinski definition) is 2. The summed E-state index contributed by atoms with van der Waals surface area (Å²) in [6.07, 6.45) is 5.40. The molecule has 0 aromatic rings. The van der Waals surface area contributed by atoms with E-state index in [4.69, 9.17) is 20.1 Å². The highest BCUT2D eigenvalue weighted by atomic mass is 16.5. The summed E-state index contributed by atoms with van der Waals surface area (Å²) in [4.78, 5) is 0. The zero-order chi connectivity index (χ0) is 13.1. The molecule has 0 amide bonds. The largest absolute Gasteiger partial charge is 0.381 e. The van der Waals surface area contributed by atoms with Crippen LogP contribution in [0.15, 0.2) is 0 Å². The molecule has 3 N–H and O–H groups in total. The van der Waals surface area contributed by atoms with Crippen molar-refractivity contribution in [2.24, 2.45) is 17.7 Å². The number of rotatable bonds is 3. The van der Waals surface area contributed by atoms with Crippen molar-refractivity contribution in [1.82, 2.24) is 5.43 Å². The molecule has 0 aromatic carbocycles. The van der Waals surface area contributed by atoms with E-state index >= 15 is 0 Å². The summed E-state index contributed by atoms with van der Waals surface area (Å²) >= 11 is 0. The Bertz CT molecular complexity index is 283. The Hall–Kier alpha value is -0.200. The first-order valence-electron chi connectivity index (χ1n) is 7.59. The maximum absolute atomic E-state index is 6.11. The van der Waals surface area contributed by atoms with Crippen molar-refractivity contribution < 1.29 is 14.2 Å². The summed E-state index contributed by atoms with van der Waals surface area (Å²) in [7, 11) is 0. The van der Waals surface area contributed by atoms with Crippen LogP contribution in [0.25, 0.3) is 0 Å². The lowest BCUT2D eigenvalue weighted by atomic mass is 9.74. The molecule has 0 radical (unpaired) electrons. The molecule has 3 aliphatic heterocycles. The van der Waals surface area contributed by atoms with Crippen LogP contribution in [0, 0.1) is 11.8 Å². The molecule has 5 heteroatoms. The van der Waals surface area contributed by atoms with Crippen LogP contribution in [0.3, 0.4) is 0 Å². The predicted octanol–water partition coefficient (Wildman–Crippen LogP) is 0.831. The van der Waals surface area contributed by atoms with Gasteiger partial charge in [-0.15, -0.1) is 0 Å². The molecule has 3 rings (SSSR count). The molecular weight excluding hydrogens is 244 g/mol. The fourth-order valence-electron chi connectivity index (χ4n) is 3.96. The molecule has 0 saturated carbocycles. The van der Waals surface area contributed by atoms with Crippen LogP contribution < -0.4 is 11.3 Å². The second-order valence-electron chi connectivity index (χ2n) is 6.21. The van der Waals surface area contributed by atoms with Gasteiger partial charge in [-0.3, -0.25) is 11.3 Å². The van der Waals surface area contributed by atoms with Crippen LogP contribution in [-0.4, -0.2) is 44.7 Å². The number of nitrogens with one attached hydrogen (secondary N) is 1. The van der Waals surface area contributed by atoms with Crippen LogP contribution in [0.4, 0.5) is 0 Å². The minimum atomic E-state index is 0.0513. The maximum Gasteiger partial charge on any atom is 0.0729 e. The Morgan fingerprint density at radius 1 is 1.00 bits per heavy atom. The van der Waals surface area contributed by atoms with Gasteiger partial charge in [-0.05, 0) is 38.0 Å². The van der Waals surface area contributed by atoms with Gasteiger partial charge in [-0.1, -0.05) is 0 Å². The van der Waals surface area contributed by atoms with Gasteiger partial charge in [-0.25, -0.2) is 0 Å². The number of hydrogen-bond acceptors (Lipinski definition) is 5. The lowest BCUT2D eigenvalue weighted by Gasteiger charge is -2.46. The van der Waals surface area contributed by atoms with Gasteiger partial charge < -0.3 is 14.2 Å². The maximum atomic E-state index is 6.11. The molecule has 3 unspecified atom stereocenters. The smallest absolute Gasteiger partial charge is 0.0729 e. The molecule has 3 atom stereocenters. The number of ether oxygens (including phenoxy) is 3. The Morgan fingerprint density at radius 3 is 2.47 bits per heavy atom. The normalized spacial score (nSPS) is 36.5. The third kappa shape index (κ3) is 2.95. The summed E-state index contributed by atoms with van der Waals surface area (Å²) in [5, 5.41) is 0. The quantitative estimate of drug-likeness (QED) is 0.587. The zero-order valence-electron chi connectivity index (χ0n) is 11.6. The average Bonchev–Trinajstić information content (AvgIpc) is 2.95. The first-order chi connectivity index (χ1) is 9.33. The van der Waals surface area contributed by atoms with Crippen molar-refractivity contribution >= 4 is 0 Å². The van der Waals surface area contributed by atoms with Crippen molar-refractivity contribution in [2.45, 2.75) is 43.7 Å². The van der Waals surface area contributed by atoms with E-state index in [1.54, 1.807) is 0 Å². The van der Waals surface area contributed by atoms with E-state index in [-0.39, 0.29) is 5.60 Å². The van der Waals surface area contributed by atoms with Crippen molar-refractivity contribution in [3.63, 3.8) is 0 Å². The molecule has 5 nitrogen and oxygen atoms in total. The monoisotopic (exact) mass is 270 g/mol. The summed E-state index contributed by atoms with van der Waals surface area (Å²) in [5.41, 5.74) is 3.12. The van der Waals surface area contributed by atoms with Gasteiger partial charge in [0, 0.05) is 38.4 Å².